The summed E-state index contributed by atoms with van der Waals surface area (Å²) < 4.78 is 5.38. The third kappa shape index (κ3) is 3.45. The summed E-state index contributed by atoms with van der Waals surface area (Å²) in [6.07, 6.45) is 5.81. The Morgan fingerprint density at radius 2 is 1.89 bits per heavy atom. The van der Waals surface area contributed by atoms with Gasteiger partial charge in [-0.3, -0.25) is 9.69 Å². The lowest BCUT2D eigenvalue weighted by Crippen LogP contribution is -2.55. The van der Waals surface area contributed by atoms with Crippen LogP contribution in [0.2, 0.25) is 0 Å². The Labute approximate surface area is 110 Å². The molecule has 0 aromatic carbocycles. The maximum atomic E-state index is 11.2. The Bertz CT molecular complexity index is 274. The van der Waals surface area contributed by atoms with Crippen LogP contribution in [0.4, 0.5) is 0 Å². The van der Waals surface area contributed by atoms with Gasteiger partial charge >= 0.3 is 5.97 Å². The quantitative estimate of drug-likeness (QED) is 0.794. The maximum Gasteiger partial charge on any atom is 0.305 e. The number of carboxylic acid groups (broad SMARTS) is 1. The van der Waals surface area contributed by atoms with E-state index in [1.165, 1.54) is 6.42 Å². The van der Waals surface area contributed by atoms with Crippen LogP contribution in [0.1, 0.15) is 52.4 Å². The SMILES string of the molecule is COC(C)C(C)N(C)C1(CC(=O)O)CCCCC1. The molecule has 1 saturated carbocycles. The van der Waals surface area contributed by atoms with E-state index in [9.17, 15) is 9.90 Å². The number of methoxy groups -OCH3 is 1. The monoisotopic (exact) mass is 257 g/mol. The first-order chi connectivity index (χ1) is 8.43. The van der Waals surface area contributed by atoms with Crippen LogP contribution < -0.4 is 0 Å². The highest BCUT2D eigenvalue weighted by Gasteiger charge is 2.40. The zero-order chi connectivity index (χ0) is 13.8. The largest absolute Gasteiger partial charge is 0.481 e. The second-order valence-corrected chi connectivity index (χ2v) is 5.65. The van der Waals surface area contributed by atoms with Gasteiger partial charge in [0.25, 0.3) is 0 Å². The van der Waals surface area contributed by atoms with E-state index in [1.54, 1.807) is 7.11 Å². The molecule has 0 bridgehead atoms. The van der Waals surface area contributed by atoms with Crippen molar-refractivity contribution < 1.29 is 14.6 Å². The molecular formula is C14H27NO3. The average Bonchev–Trinajstić information content (AvgIpc) is 2.36. The van der Waals surface area contributed by atoms with Gasteiger partial charge in [0.2, 0.25) is 0 Å². The first-order valence-corrected chi connectivity index (χ1v) is 6.90. The number of carbonyl (C=O) groups is 1. The Kier molecular flexibility index (Phi) is 5.60. The van der Waals surface area contributed by atoms with E-state index >= 15 is 0 Å². The predicted molar refractivity (Wildman–Crippen MR) is 71.8 cm³/mol. The van der Waals surface area contributed by atoms with E-state index in [4.69, 9.17) is 4.74 Å². The molecule has 1 rings (SSSR count). The standard InChI is InChI=1S/C14H27NO3/c1-11(12(2)18-4)15(3)14(10-13(16)17)8-6-5-7-9-14/h11-12H,5-10H2,1-4H3,(H,16,17). The number of hydrogen-bond donors (Lipinski definition) is 1. The van der Waals surface area contributed by atoms with Gasteiger partial charge in [-0.2, -0.15) is 0 Å². The molecule has 0 amide bonds. The van der Waals surface area contributed by atoms with Crippen molar-refractivity contribution >= 4 is 5.97 Å². The van der Waals surface area contributed by atoms with E-state index in [1.807, 2.05) is 6.92 Å². The van der Waals surface area contributed by atoms with Crippen molar-refractivity contribution in [3.05, 3.63) is 0 Å². The second-order valence-electron chi connectivity index (χ2n) is 5.65. The normalized spacial score (nSPS) is 22.7. The van der Waals surface area contributed by atoms with Crippen LogP contribution in [0.3, 0.4) is 0 Å². The predicted octanol–water partition coefficient (Wildman–Crippen LogP) is 2.52. The van der Waals surface area contributed by atoms with Gasteiger partial charge in [0.1, 0.15) is 0 Å². The summed E-state index contributed by atoms with van der Waals surface area (Å²) in [5.74, 6) is -0.694. The molecule has 0 aliphatic heterocycles. The molecule has 0 aromatic heterocycles. The first-order valence-electron chi connectivity index (χ1n) is 6.90. The number of rotatable bonds is 6. The Morgan fingerprint density at radius 3 is 2.33 bits per heavy atom. The molecule has 1 aliphatic carbocycles. The van der Waals surface area contributed by atoms with Gasteiger partial charge in [0.05, 0.1) is 12.5 Å². The summed E-state index contributed by atoms with van der Waals surface area (Å²) in [4.78, 5) is 13.4. The van der Waals surface area contributed by atoms with Gasteiger partial charge < -0.3 is 9.84 Å². The second kappa shape index (κ2) is 6.53. The van der Waals surface area contributed by atoms with Crippen LogP contribution >= 0.6 is 0 Å². The zero-order valence-electron chi connectivity index (χ0n) is 12.1. The van der Waals surface area contributed by atoms with Crippen molar-refractivity contribution in [1.29, 1.82) is 0 Å². The molecule has 2 unspecified atom stereocenters. The van der Waals surface area contributed by atoms with E-state index in [0.29, 0.717) is 0 Å². The molecule has 106 valence electrons. The molecular weight excluding hydrogens is 230 g/mol. The molecule has 4 nitrogen and oxygen atoms in total. The molecule has 18 heavy (non-hydrogen) atoms. The third-order valence-corrected chi connectivity index (χ3v) is 4.67. The number of likely N-dealkylation sites (N-methyl/N-ethyl adjacent to an activating group) is 1. The van der Waals surface area contributed by atoms with E-state index in [0.717, 1.165) is 25.7 Å². The van der Waals surface area contributed by atoms with Crippen LogP contribution in [0.15, 0.2) is 0 Å². The fourth-order valence-corrected chi connectivity index (χ4v) is 3.09. The fraction of sp³-hybridized carbons (Fsp3) is 0.929. The minimum Gasteiger partial charge on any atom is -0.481 e. The molecule has 2 atom stereocenters. The maximum absolute atomic E-state index is 11.2. The molecule has 0 heterocycles. The van der Waals surface area contributed by atoms with Gasteiger partial charge in [0.15, 0.2) is 0 Å². The third-order valence-electron chi connectivity index (χ3n) is 4.67. The van der Waals surface area contributed by atoms with Gasteiger partial charge in [-0.25, -0.2) is 0 Å². The molecule has 4 heteroatoms. The lowest BCUT2D eigenvalue weighted by atomic mass is 9.77. The van der Waals surface area contributed by atoms with Crippen molar-refractivity contribution in [3.8, 4) is 0 Å². The van der Waals surface area contributed by atoms with Crippen molar-refractivity contribution in [2.24, 2.45) is 0 Å². The molecule has 1 aliphatic rings. The highest BCUT2D eigenvalue weighted by Crippen LogP contribution is 2.37. The van der Waals surface area contributed by atoms with Gasteiger partial charge in [0, 0.05) is 18.7 Å². The number of nitrogens with zero attached hydrogens (tertiary/aromatic N) is 1. The highest BCUT2D eigenvalue weighted by atomic mass is 16.5. The molecule has 0 aromatic rings. The molecule has 0 spiro atoms. The Morgan fingerprint density at radius 1 is 1.33 bits per heavy atom. The Hall–Kier alpha value is -0.610. The van der Waals surface area contributed by atoms with E-state index in [2.05, 4.69) is 18.9 Å². The van der Waals surface area contributed by atoms with Crippen LogP contribution in [-0.2, 0) is 9.53 Å². The summed E-state index contributed by atoms with van der Waals surface area (Å²) in [6.45, 7) is 4.16. The van der Waals surface area contributed by atoms with E-state index < -0.39 is 5.97 Å². The van der Waals surface area contributed by atoms with Crippen LogP contribution in [-0.4, -0.2) is 47.8 Å². The molecule has 0 radical (unpaired) electrons. The van der Waals surface area contributed by atoms with Gasteiger partial charge in [-0.1, -0.05) is 19.3 Å². The number of aliphatic carboxylic acids is 1. The van der Waals surface area contributed by atoms with Crippen LogP contribution in [0.25, 0.3) is 0 Å². The topological polar surface area (TPSA) is 49.8 Å². The minimum absolute atomic E-state index is 0.114. The fourth-order valence-electron chi connectivity index (χ4n) is 3.09. The van der Waals surface area contributed by atoms with Crippen molar-refractivity contribution in [3.63, 3.8) is 0 Å². The number of ether oxygens (including phenoxy) is 1. The summed E-state index contributed by atoms with van der Waals surface area (Å²) in [6, 6.07) is 0.229. The number of hydrogen-bond acceptors (Lipinski definition) is 3. The lowest BCUT2D eigenvalue weighted by Gasteiger charge is -2.47. The first kappa shape index (κ1) is 15.4. The van der Waals surface area contributed by atoms with Crippen molar-refractivity contribution in [2.75, 3.05) is 14.2 Å². The van der Waals surface area contributed by atoms with Gasteiger partial charge in [-0.15, -0.1) is 0 Å². The van der Waals surface area contributed by atoms with Crippen molar-refractivity contribution in [2.45, 2.75) is 70.1 Å². The molecule has 1 fully saturated rings. The number of carboxylic acids is 1. The zero-order valence-corrected chi connectivity index (χ0v) is 12.1. The summed E-state index contributed by atoms with van der Waals surface area (Å²) >= 11 is 0. The van der Waals surface area contributed by atoms with Crippen LogP contribution in [0, 0.1) is 0 Å². The molecule has 1 N–H and O–H groups in total. The summed E-state index contributed by atoms with van der Waals surface area (Å²) in [7, 11) is 3.76. The Balaban J connectivity index is 2.84. The van der Waals surface area contributed by atoms with Crippen LogP contribution in [0.5, 0.6) is 0 Å². The lowest BCUT2D eigenvalue weighted by molar-refractivity contribution is -0.142. The average molecular weight is 257 g/mol. The van der Waals surface area contributed by atoms with E-state index in [-0.39, 0.29) is 24.1 Å². The molecule has 0 saturated heterocycles. The van der Waals surface area contributed by atoms with Crippen molar-refractivity contribution in [1.82, 2.24) is 4.90 Å². The smallest absolute Gasteiger partial charge is 0.305 e. The highest BCUT2D eigenvalue weighted by molar-refractivity contribution is 5.68. The van der Waals surface area contributed by atoms with Gasteiger partial charge in [-0.05, 0) is 33.7 Å². The minimum atomic E-state index is -0.694. The summed E-state index contributed by atoms with van der Waals surface area (Å²) in [5, 5.41) is 9.20. The summed E-state index contributed by atoms with van der Waals surface area (Å²) in [5.41, 5.74) is -0.184.